The van der Waals surface area contributed by atoms with E-state index in [4.69, 9.17) is 4.74 Å². The lowest BCUT2D eigenvalue weighted by Crippen LogP contribution is -2.20. The summed E-state index contributed by atoms with van der Waals surface area (Å²) in [6.07, 6.45) is 5.19. The number of hydrogen-bond donors (Lipinski definition) is 2. The molecule has 2 unspecified atom stereocenters. The number of carbonyl (C=O) groups is 1. The average Bonchev–Trinajstić information content (AvgIpc) is 3.54. The third-order valence-corrected chi connectivity index (χ3v) is 6.08. The van der Waals surface area contributed by atoms with Crippen LogP contribution in [0.5, 0.6) is 5.88 Å². The van der Waals surface area contributed by atoms with E-state index in [1.165, 1.54) is 6.07 Å². The van der Waals surface area contributed by atoms with Gasteiger partial charge in [0, 0.05) is 41.4 Å². The van der Waals surface area contributed by atoms with Crippen molar-refractivity contribution in [2.24, 2.45) is 11.8 Å². The lowest BCUT2D eigenvalue weighted by Gasteiger charge is -2.21. The maximum atomic E-state index is 14.9. The van der Waals surface area contributed by atoms with Gasteiger partial charge in [-0.2, -0.15) is 0 Å². The normalized spacial score (nSPS) is 19.6. The first kappa shape index (κ1) is 18.8. The van der Waals surface area contributed by atoms with Gasteiger partial charge in [0.2, 0.25) is 11.8 Å². The minimum absolute atomic E-state index is 0.0110. The van der Waals surface area contributed by atoms with Crippen LogP contribution < -0.4 is 15.4 Å². The number of hydrogen-bond acceptors (Lipinski definition) is 5. The topological polar surface area (TPSA) is 76.1 Å². The molecule has 1 amide bonds. The van der Waals surface area contributed by atoms with Gasteiger partial charge in [0.05, 0.1) is 0 Å². The van der Waals surface area contributed by atoms with Gasteiger partial charge in [0.1, 0.15) is 23.9 Å². The van der Waals surface area contributed by atoms with Crippen LogP contribution in [0.15, 0.2) is 30.6 Å². The zero-order valence-corrected chi connectivity index (χ0v) is 17.0. The number of benzene rings is 1. The van der Waals surface area contributed by atoms with Gasteiger partial charge >= 0.3 is 0 Å². The second kappa shape index (κ2) is 7.23. The Kier molecular flexibility index (Phi) is 4.53. The highest BCUT2D eigenvalue weighted by atomic mass is 19.1. The van der Waals surface area contributed by atoms with E-state index in [1.54, 1.807) is 24.5 Å². The summed E-state index contributed by atoms with van der Waals surface area (Å²) in [6.45, 7) is 5.28. The highest BCUT2D eigenvalue weighted by Crippen LogP contribution is 2.42. The highest BCUT2D eigenvalue weighted by Gasteiger charge is 2.41. The Morgan fingerprint density at radius 2 is 2.10 bits per heavy atom. The fraction of sp³-hybridized carbons (Fsp3) is 0.348. The summed E-state index contributed by atoms with van der Waals surface area (Å²) in [5.74, 6) is 1.26. The molecule has 1 aliphatic heterocycles. The van der Waals surface area contributed by atoms with Crippen molar-refractivity contribution in [3.05, 3.63) is 42.0 Å². The Hall–Kier alpha value is -3.22. The standard InChI is InChI=1S/C23H23FN4O2/c1-3-13-6-16(13)22(29)28-20-9-14-7-17(19(24)8-15(14)10-26-20)18-11-27-23-21(12(18)2)25-4-5-30-23/h7-11,13,16,25H,3-6H2,1-2H3,(H,26,28,29). The quantitative estimate of drug-likeness (QED) is 0.666. The molecule has 0 radical (unpaired) electrons. The molecule has 7 heteroatoms. The molecule has 0 bridgehead atoms. The zero-order chi connectivity index (χ0) is 20.8. The lowest BCUT2D eigenvalue weighted by molar-refractivity contribution is -0.117. The molecule has 154 valence electrons. The fourth-order valence-electron chi connectivity index (χ4n) is 4.17. The first-order chi connectivity index (χ1) is 14.5. The minimum Gasteiger partial charge on any atom is -0.474 e. The van der Waals surface area contributed by atoms with Crippen LogP contribution >= 0.6 is 0 Å². The van der Waals surface area contributed by atoms with E-state index in [2.05, 4.69) is 27.5 Å². The number of pyridine rings is 2. The van der Waals surface area contributed by atoms with E-state index in [1.807, 2.05) is 6.92 Å². The van der Waals surface area contributed by atoms with E-state index < -0.39 is 0 Å². The number of halogens is 1. The third-order valence-electron chi connectivity index (χ3n) is 6.08. The number of ether oxygens (including phenoxy) is 1. The van der Waals surface area contributed by atoms with Gasteiger partial charge < -0.3 is 15.4 Å². The van der Waals surface area contributed by atoms with Crippen molar-refractivity contribution >= 4 is 28.2 Å². The van der Waals surface area contributed by atoms with Gasteiger partial charge in [-0.05, 0) is 48.4 Å². The Morgan fingerprint density at radius 3 is 2.90 bits per heavy atom. The third kappa shape index (κ3) is 3.24. The summed E-state index contributed by atoms with van der Waals surface area (Å²) in [6, 6.07) is 5.05. The number of carbonyl (C=O) groups excluding carboxylic acids is 1. The largest absolute Gasteiger partial charge is 0.474 e. The molecule has 1 aliphatic carbocycles. The van der Waals surface area contributed by atoms with Gasteiger partial charge in [-0.15, -0.1) is 0 Å². The summed E-state index contributed by atoms with van der Waals surface area (Å²) in [5, 5.41) is 7.67. The lowest BCUT2D eigenvalue weighted by atomic mass is 9.98. The molecule has 3 aromatic rings. The maximum Gasteiger partial charge on any atom is 0.237 e. The molecule has 1 saturated carbocycles. The van der Waals surface area contributed by atoms with E-state index in [0.717, 1.165) is 29.5 Å². The molecule has 2 atom stereocenters. The zero-order valence-electron chi connectivity index (χ0n) is 17.0. The van der Waals surface area contributed by atoms with Crippen LogP contribution in [0.2, 0.25) is 0 Å². The van der Waals surface area contributed by atoms with Crippen molar-refractivity contribution in [1.29, 1.82) is 0 Å². The number of fused-ring (bicyclic) bond motifs is 2. The van der Waals surface area contributed by atoms with Crippen LogP contribution in [0.4, 0.5) is 15.9 Å². The van der Waals surface area contributed by atoms with E-state index >= 15 is 0 Å². The van der Waals surface area contributed by atoms with Gasteiger partial charge in [-0.3, -0.25) is 4.79 Å². The second-order valence-electron chi connectivity index (χ2n) is 8.00. The Balaban J connectivity index is 1.50. The monoisotopic (exact) mass is 406 g/mol. The fourth-order valence-corrected chi connectivity index (χ4v) is 4.17. The van der Waals surface area contributed by atoms with E-state index in [0.29, 0.717) is 47.3 Å². The molecule has 3 heterocycles. The van der Waals surface area contributed by atoms with Crippen molar-refractivity contribution in [3.8, 4) is 17.0 Å². The van der Waals surface area contributed by atoms with Crippen LogP contribution in [0, 0.1) is 24.6 Å². The van der Waals surface area contributed by atoms with Gasteiger partial charge in [0.25, 0.3) is 0 Å². The van der Waals surface area contributed by atoms with Crippen LogP contribution in [0.1, 0.15) is 25.3 Å². The summed E-state index contributed by atoms with van der Waals surface area (Å²) < 4.78 is 20.5. The molecule has 30 heavy (non-hydrogen) atoms. The molecule has 2 N–H and O–H groups in total. The predicted molar refractivity (Wildman–Crippen MR) is 114 cm³/mol. The molecule has 1 aromatic carbocycles. The second-order valence-corrected chi connectivity index (χ2v) is 8.00. The van der Waals surface area contributed by atoms with Crippen molar-refractivity contribution in [3.63, 3.8) is 0 Å². The molecule has 2 aromatic heterocycles. The van der Waals surface area contributed by atoms with Crippen LogP contribution in [0.3, 0.4) is 0 Å². The number of amides is 1. The first-order valence-corrected chi connectivity index (χ1v) is 10.3. The number of rotatable bonds is 4. The molecule has 5 rings (SSSR count). The minimum atomic E-state index is -0.341. The molecule has 0 spiro atoms. The summed E-state index contributed by atoms with van der Waals surface area (Å²) in [4.78, 5) is 21.0. The van der Waals surface area contributed by atoms with Gasteiger partial charge in [0.15, 0.2) is 0 Å². The average molecular weight is 406 g/mol. The van der Waals surface area contributed by atoms with Gasteiger partial charge in [-0.25, -0.2) is 14.4 Å². The Morgan fingerprint density at radius 1 is 1.23 bits per heavy atom. The van der Waals surface area contributed by atoms with E-state index in [-0.39, 0.29) is 17.6 Å². The van der Waals surface area contributed by atoms with Crippen molar-refractivity contribution in [2.75, 3.05) is 23.8 Å². The van der Waals surface area contributed by atoms with Gasteiger partial charge in [-0.1, -0.05) is 13.3 Å². The van der Waals surface area contributed by atoms with Crippen LogP contribution in [-0.2, 0) is 4.79 Å². The molecule has 0 saturated heterocycles. The smallest absolute Gasteiger partial charge is 0.237 e. The van der Waals surface area contributed by atoms with E-state index in [9.17, 15) is 9.18 Å². The first-order valence-electron chi connectivity index (χ1n) is 10.3. The molecule has 6 nitrogen and oxygen atoms in total. The summed E-state index contributed by atoms with van der Waals surface area (Å²) >= 11 is 0. The number of aromatic nitrogens is 2. The molecular formula is C23H23FN4O2. The molecule has 2 aliphatic rings. The van der Waals surface area contributed by atoms with Crippen molar-refractivity contribution in [2.45, 2.75) is 26.7 Å². The Bertz CT molecular complexity index is 1160. The SMILES string of the molecule is CCC1CC1C(=O)Nc1cc2cc(-c3cnc4c(c3C)NCCO4)c(F)cc2cn1. The molecule has 1 fully saturated rings. The van der Waals surface area contributed by atoms with Crippen LogP contribution in [0.25, 0.3) is 21.9 Å². The predicted octanol–water partition coefficient (Wildman–Crippen LogP) is 4.53. The highest BCUT2D eigenvalue weighted by molar-refractivity contribution is 5.96. The number of nitrogens with one attached hydrogen (secondary N) is 2. The summed E-state index contributed by atoms with van der Waals surface area (Å²) in [5.41, 5.74) is 2.85. The summed E-state index contributed by atoms with van der Waals surface area (Å²) in [7, 11) is 0. The molecular weight excluding hydrogens is 383 g/mol. The van der Waals surface area contributed by atoms with Crippen molar-refractivity contribution < 1.29 is 13.9 Å². The van der Waals surface area contributed by atoms with Crippen molar-refractivity contribution in [1.82, 2.24) is 9.97 Å². The number of anilines is 2. The van der Waals surface area contributed by atoms with Crippen LogP contribution in [-0.4, -0.2) is 29.0 Å². The Labute approximate surface area is 173 Å². The maximum absolute atomic E-state index is 14.9. The number of nitrogens with zero attached hydrogens (tertiary/aromatic N) is 2.